The van der Waals surface area contributed by atoms with Gasteiger partial charge in [-0.2, -0.15) is 0 Å². The predicted octanol–water partition coefficient (Wildman–Crippen LogP) is 5.49. The van der Waals surface area contributed by atoms with Gasteiger partial charge >= 0.3 is 0 Å². The summed E-state index contributed by atoms with van der Waals surface area (Å²) in [7, 11) is 0. The first-order chi connectivity index (χ1) is 11.5. The lowest BCUT2D eigenvalue weighted by atomic mass is 10.0. The highest BCUT2D eigenvalue weighted by atomic mass is 32.2. The van der Waals surface area contributed by atoms with E-state index in [1.165, 1.54) is 10.5 Å². The van der Waals surface area contributed by atoms with Gasteiger partial charge in [-0.25, -0.2) is 0 Å². The maximum atomic E-state index is 12.2. The van der Waals surface area contributed by atoms with Gasteiger partial charge in [0.2, 0.25) is 5.91 Å². The van der Waals surface area contributed by atoms with Crippen LogP contribution in [-0.4, -0.2) is 12.2 Å². The molecule has 0 aliphatic rings. The molecule has 2 nitrogen and oxygen atoms in total. The minimum Gasteiger partial charge on any atom is -0.326 e. The van der Waals surface area contributed by atoms with E-state index in [9.17, 15) is 4.79 Å². The number of nitrogens with one attached hydrogen (secondary N) is 1. The molecule has 0 atom stereocenters. The minimum atomic E-state index is -0.00240. The first-order valence-corrected chi connectivity index (χ1v) is 9.09. The Hall–Kier alpha value is -2.26. The van der Waals surface area contributed by atoms with Crippen molar-refractivity contribution in [1.29, 1.82) is 0 Å². The standard InChI is InChI=1S/C21H23NOS/c1-5-6-15(2)20-12-9-18(13-16(20)3)22-21(23)14-17-7-10-19(24-4)11-8-17/h5-13H,1,14H2,2-4H3,(H,22,23)/b15-6+. The normalized spacial score (nSPS) is 11.2. The van der Waals surface area contributed by atoms with E-state index < -0.39 is 0 Å². The average molecular weight is 337 g/mol. The first kappa shape index (κ1) is 18.1. The zero-order chi connectivity index (χ0) is 17.5. The van der Waals surface area contributed by atoms with Crippen LogP contribution in [0, 0.1) is 6.92 Å². The van der Waals surface area contributed by atoms with Crippen LogP contribution < -0.4 is 5.32 Å². The second-order valence-corrected chi connectivity index (χ2v) is 6.57. The van der Waals surface area contributed by atoms with Crippen LogP contribution in [0.25, 0.3) is 5.57 Å². The maximum Gasteiger partial charge on any atom is 0.228 e. The minimum absolute atomic E-state index is 0.00240. The Morgan fingerprint density at radius 2 is 1.92 bits per heavy atom. The number of carbonyl (C=O) groups is 1. The third-order valence-electron chi connectivity index (χ3n) is 3.83. The van der Waals surface area contributed by atoms with E-state index in [1.54, 1.807) is 17.8 Å². The summed E-state index contributed by atoms with van der Waals surface area (Å²) in [4.78, 5) is 13.4. The van der Waals surface area contributed by atoms with E-state index in [0.717, 1.165) is 22.4 Å². The molecule has 0 unspecified atom stereocenters. The van der Waals surface area contributed by atoms with Crippen LogP contribution in [0.5, 0.6) is 0 Å². The zero-order valence-electron chi connectivity index (χ0n) is 14.4. The quantitative estimate of drug-likeness (QED) is 0.558. The fourth-order valence-electron chi connectivity index (χ4n) is 2.58. The molecule has 124 valence electrons. The van der Waals surface area contributed by atoms with Gasteiger partial charge in [0.1, 0.15) is 0 Å². The third-order valence-corrected chi connectivity index (χ3v) is 4.57. The third kappa shape index (κ3) is 4.87. The highest BCUT2D eigenvalue weighted by Crippen LogP contribution is 2.22. The Kier molecular flexibility index (Phi) is 6.44. The number of carbonyl (C=O) groups excluding carboxylic acids is 1. The van der Waals surface area contributed by atoms with E-state index in [0.29, 0.717) is 6.42 Å². The van der Waals surface area contributed by atoms with Crippen molar-refractivity contribution < 1.29 is 4.79 Å². The summed E-state index contributed by atoms with van der Waals surface area (Å²) in [5, 5.41) is 2.97. The lowest BCUT2D eigenvalue weighted by molar-refractivity contribution is -0.115. The smallest absolute Gasteiger partial charge is 0.228 e. The van der Waals surface area contributed by atoms with Crippen molar-refractivity contribution in [3.8, 4) is 0 Å². The summed E-state index contributed by atoms with van der Waals surface area (Å²) >= 11 is 1.70. The van der Waals surface area contributed by atoms with Crippen LogP contribution in [-0.2, 0) is 11.2 Å². The van der Waals surface area contributed by atoms with Crippen molar-refractivity contribution in [2.24, 2.45) is 0 Å². The van der Waals surface area contributed by atoms with Crippen molar-refractivity contribution >= 4 is 28.9 Å². The lowest BCUT2D eigenvalue weighted by Gasteiger charge is -2.10. The summed E-state index contributed by atoms with van der Waals surface area (Å²) in [6, 6.07) is 14.1. The molecule has 3 heteroatoms. The summed E-state index contributed by atoms with van der Waals surface area (Å²) < 4.78 is 0. The summed E-state index contributed by atoms with van der Waals surface area (Å²) in [6.45, 7) is 7.83. The molecule has 0 saturated carbocycles. The van der Waals surface area contributed by atoms with Gasteiger partial charge in [-0.15, -0.1) is 11.8 Å². The van der Waals surface area contributed by atoms with Gasteiger partial charge in [-0.1, -0.05) is 36.9 Å². The van der Waals surface area contributed by atoms with Crippen molar-refractivity contribution in [3.63, 3.8) is 0 Å². The zero-order valence-corrected chi connectivity index (χ0v) is 15.2. The molecule has 0 saturated heterocycles. The molecule has 24 heavy (non-hydrogen) atoms. The Labute approximate surface area is 148 Å². The highest BCUT2D eigenvalue weighted by molar-refractivity contribution is 7.98. The van der Waals surface area contributed by atoms with Gasteiger partial charge < -0.3 is 5.32 Å². The highest BCUT2D eigenvalue weighted by Gasteiger charge is 2.07. The molecule has 0 bridgehead atoms. The Balaban J connectivity index is 2.04. The van der Waals surface area contributed by atoms with E-state index >= 15 is 0 Å². The molecule has 0 aliphatic carbocycles. The van der Waals surface area contributed by atoms with E-state index in [2.05, 4.69) is 18.8 Å². The van der Waals surface area contributed by atoms with Crippen molar-refractivity contribution in [2.75, 3.05) is 11.6 Å². The van der Waals surface area contributed by atoms with E-state index in [4.69, 9.17) is 0 Å². The fourth-order valence-corrected chi connectivity index (χ4v) is 2.99. The molecule has 2 aromatic carbocycles. The monoisotopic (exact) mass is 337 g/mol. The Bertz CT molecular complexity index is 760. The number of aryl methyl sites for hydroxylation is 1. The van der Waals surface area contributed by atoms with Crippen molar-refractivity contribution in [3.05, 3.63) is 77.9 Å². The fraction of sp³-hybridized carbons (Fsp3) is 0.190. The number of hydrogen-bond acceptors (Lipinski definition) is 2. The van der Waals surface area contributed by atoms with Crippen LogP contribution in [0.2, 0.25) is 0 Å². The number of rotatable bonds is 6. The van der Waals surface area contributed by atoms with Crippen LogP contribution in [0.15, 0.2) is 66.1 Å². The first-order valence-electron chi connectivity index (χ1n) is 7.86. The molecule has 0 spiro atoms. The van der Waals surface area contributed by atoms with E-state index in [-0.39, 0.29) is 5.91 Å². The molecule has 1 amide bonds. The molecule has 0 aromatic heterocycles. The molecule has 0 radical (unpaired) electrons. The summed E-state index contributed by atoms with van der Waals surface area (Å²) in [5.74, 6) is -0.00240. The van der Waals surface area contributed by atoms with Gasteiger partial charge in [0, 0.05) is 10.6 Å². The van der Waals surface area contributed by atoms with Crippen molar-refractivity contribution in [1.82, 2.24) is 0 Å². The van der Waals surface area contributed by atoms with Gasteiger partial charge in [0.25, 0.3) is 0 Å². The maximum absolute atomic E-state index is 12.2. The predicted molar refractivity (Wildman–Crippen MR) is 106 cm³/mol. The van der Waals surface area contributed by atoms with Gasteiger partial charge in [0.15, 0.2) is 0 Å². The second kappa shape index (κ2) is 8.55. The summed E-state index contributed by atoms with van der Waals surface area (Å²) in [5.41, 5.74) is 5.30. The molecular weight excluding hydrogens is 314 g/mol. The molecule has 0 heterocycles. The van der Waals surface area contributed by atoms with Crippen molar-refractivity contribution in [2.45, 2.75) is 25.2 Å². The van der Waals surface area contributed by atoms with E-state index in [1.807, 2.05) is 61.7 Å². The summed E-state index contributed by atoms with van der Waals surface area (Å²) in [6.07, 6.45) is 6.19. The van der Waals surface area contributed by atoms with Gasteiger partial charge in [-0.3, -0.25) is 4.79 Å². The second-order valence-electron chi connectivity index (χ2n) is 5.69. The molecule has 0 fully saturated rings. The van der Waals surface area contributed by atoms with Gasteiger partial charge in [0.05, 0.1) is 6.42 Å². The molecular formula is C21H23NOS. The molecule has 1 N–H and O–H groups in total. The Morgan fingerprint density at radius 3 is 2.50 bits per heavy atom. The average Bonchev–Trinajstić information content (AvgIpc) is 2.55. The number of hydrogen-bond donors (Lipinski definition) is 1. The lowest BCUT2D eigenvalue weighted by Crippen LogP contribution is -2.14. The topological polar surface area (TPSA) is 29.1 Å². The number of amides is 1. The number of anilines is 1. The van der Waals surface area contributed by atoms with Crippen LogP contribution in [0.3, 0.4) is 0 Å². The van der Waals surface area contributed by atoms with Crippen LogP contribution in [0.4, 0.5) is 5.69 Å². The van der Waals surface area contributed by atoms with Crippen LogP contribution in [0.1, 0.15) is 23.6 Å². The SMILES string of the molecule is C=C/C=C(\C)c1ccc(NC(=O)Cc2ccc(SC)cc2)cc1C. The number of benzene rings is 2. The molecule has 2 aromatic rings. The van der Waals surface area contributed by atoms with Crippen LogP contribution >= 0.6 is 11.8 Å². The Morgan fingerprint density at radius 1 is 1.21 bits per heavy atom. The largest absolute Gasteiger partial charge is 0.326 e. The molecule has 0 aliphatic heterocycles. The number of thioether (sulfide) groups is 1. The number of allylic oxidation sites excluding steroid dienone is 3. The van der Waals surface area contributed by atoms with Gasteiger partial charge in [-0.05, 0) is 66.6 Å². The molecule has 2 rings (SSSR count).